The summed E-state index contributed by atoms with van der Waals surface area (Å²) in [5.74, 6) is -0.214. The van der Waals surface area contributed by atoms with Crippen molar-refractivity contribution in [1.82, 2.24) is 20.3 Å². The van der Waals surface area contributed by atoms with Crippen LogP contribution in [-0.2, 0) is 13.0 Å². The first-order chi connectivity index (χ1) is 16.6. The molecule has 0 saturated heterocycles. The second-order valence-corrected chi connectivity index (χ2v) is 8.10. The summed E-state index contributed by atoms with van der Waals surface area (Å²) in [6.07, 6.45) is 7.24. The molecule has 0 radical (unpaired) electrons. The molecule has 34 heavy (non-hydrogen) atoms. The van der Waals surface area contributed by atoms with Crippen LogP contribution < -0.4 is 5.32 Å². The Bertz CT molecular complexity index is 1340. The van der Waals surface area contributed by atoms with Crippen molar-refractivity contribution in [2.75, 3.05) is 0 Å². The third-order valence-corrected chi connectivity index (χ3v) is 5.50. The Morgan fingerprint density at radius 2 is 1.76 bits per heavy atom. The number of hydrogen-bond acceptors (Lipinski definition) is 5. The molecule has 0 spiro atoms. The fourth-order valence-electron chi connectivity index (χ4n) is 3.71. The Hall–Kier alpha value is -4.37. The van der Waals surface area contributed by atoms with Crippen LogP contribution >= 0.6 is 0 Å². The largest absolute Gasteiger partial charge is 0.348 e. The molecule has 6 nitrogen and oxygen atoms in total. The highest BCUT2D eigenvalue weighted by Gasteiger charge is 2.14. The maximum atomic E-state index is 13.1. The molecule has 1 N–H and O–H groups in total. The Morgan fingerprint density at radius 3 is 2.47 bits per heavy atom. The molecular formula is C28H25N5O. The number of amides is 1. The quantitative estimate of drug-likeness (QED) is 0.417. The zero-order valence-corrected chi connectivity index (χ0v) is 19.2. The first-order valence-electron chi connectivity index (χ1n) is 11.2. The van der Waals surface area contributed by atoms with Gasteiger partial charge in [0, 0.05) is 47.5 Å². The third-order valence-electron chi connectivity index (χ3n) is 5.50. The van der Waals surface area contributed by atoms with Gasteiger partial charge < -0.3 is 5.32 Å². The number of aryl methyl sites for hydroxylation is 2. The lowest BCUT2D eigenvalue weighted by Crippen LogP contribution is -2.23. The molecule has 0 bridgehead atoms. The minimum Gasteiger partial charge on any atom is -0.348 e. The molecule has 1 amide bonds. The monoisotopic (exact) mass is 447 g/mol. The SMILES string of the molecule is CCCc1ccc(-c2cc(C(=O)NCc3ccc(C)nc3)cc(-c3cccnc3C#N)c2)nc1. The molecule has 4 rings (SSSR count). The number of nitriles is 1. The van der Waals surface area contributed by atoms with Crippen LogP contribution in [0.5, 0.6) is 0 Å². The molecule has 0 aliphatic carbocycles. The lowest BCUT2D eigenvalue weighted by atomic mass is 9.96. The van der Waals surface area contributed by atoms with Gasteiger partial charge in [0.05, 0.1) is 5.69 Å². The van der Waals surface area contributed by atoms with E-state index in [1.165, 1.54) is 5.56 Å². The van der Waals surface area contributed by atoms with Gasteiger partial charge in [-0.15, -0.1) is 0 Å². The number of carbonyl (C=O) groups is 1. The van der Waals surface area contributed by atoms with Gasteiger partial charge in [0.15, 0.2) is 0 Å². The summed E-state index contributed by atoms with van der Waals surface area (Å²) in [7, 11) is 0. The fourth-order valence-corrected chi connectivity index (χ4v) is 3.71. The highest BCUT2D eigenvalue weighted by Crippen LogP contribution is 2.29. The van der Waals surface area contributed by atoms with E-state index in [-0.39, 0.29) is 5.91 Å². The molecule has 0 aliphatic rings. The molecule has 0 aliphatic heterocycles. The van der Waals surface area contributed by atoms with Crippen LogP contribution in [0.1, 0.15) is 46.2 Å². The molecule has 1 aromatic carbocycles. The Balaban J connectivity index is 1.71. The van der Waals surface area contributed by atoms with Crippen molar-refractivity contribution in [3.8, 4) is 28.5 Å². The summed E-state index contributed by atoms with van der Waals surface area (Å²) < 4.78 is 0. The Labute approximate surface area is 199 Å². The molecule has 0 saturated carbocycles. The molecule has 168 valence electrons. The van der Waals surface area contributed by atoms with E-state index in [4.69, 9.17) is 0 Å². The zero-order valence-electron chi connectivity index (χ0n) is 19.2. The standard InChI is InChI=1S/C28H25N5O/c1-3-5-20-9-10-26(32-16-20)23-12-22(25-6-4-11-30-27(25)15-29)13-24(14-23)28(34)33-18-21-8-7-19(2)31-17-21/h4,6-14,16-17H,3,5,18H2,1-2H3,(H,33,34). The first-order valence-corrected chi connectivity index (χ1v) is 11.2. The van der Waals surface area contributed by atoms with Crippen molar-refractivity contribution in [2.24, 2.45) is 0 Å². The summed E-state index contributed by atoms with van der Waals surface area (Å²) in [5, 5.41) is 12.5. The first kappa shape index (κ1) is 22.8. The van der Waals surface area contributed by atoms with Gasteiger partial charge in [0.2, 0.25) is 0 Å². The molecule has 0 fully saturated rings. The van der Waals surface area contributed by atoms with Crippen molar-refractivity contribution < 1.29 is 4.79 Å². The minimum atomic E-state index is -0.214. The van der Waals surface area contributed by atoms with E-state index < -0.39 is 0 Å². The summed E-state index contributed by atoms with van der Waals surface area (Å²) in [4.78, 5) is 26.2. The number of benzene rings is 1. The van der Waals surface area contributed by atoms with Crippen LogP contribution in [0.15, 0.2) is 73.2 Å². The van der Waals surface area contributed by atoms with Gasteiger partial charge in [-0.2, -0.15) is 5.26 Å². The van der Waals surface area contributed by atoms with E-state index in [1.54, 1.807) is 24.5 Å². The molecule has 3 heterocycles. The zero-order chi connectivity index (χ0) is 23.9. The maximum absolute atomic E-state index is 13.1. The second-order valence-electron chi connectivity index (χ2n) is 8.10. The van der Waals surface area contributed by atoms with E-state index in [1.807, 2.05) is 49.5 Å². The Kier molecular flexibility index (Phi) is 7.04. The van der Waals surface area contributed by atoms with Crippen molar-refractivity contribution in [2.45, 2.75) is 33.2 Å². The predicted molar refractivity (Wildman–Crippen MR) is 132 cm³/mol. The predicted octanol–water partition coefficient (Wildman–Crippen LogP) is 5.27. The number of carbonyl (C=O) groups excluding carboxylic acids is 1. The van der Waals surface area contributed by atoms with E-state index >= 15 is 0 Å². The molecule has 3 aromatic heterocycles. The molecule has 0 atom stereocenters. The van der Waals surface area contributed by atoms with Crippen LogP contribution in [0.2, 0.25) is 0 Å². The average molecular weight is 448 g/mol. The van der Waals surface area contributed by atoms with E-state index in [0.717, 1.165) is 40.9 Å². The lowest BCUT2D eigenvalue weighted by molar-refractivity contribution is 0.0951. The third kappa shape index (κ3) is 5.33. The molecule has 6 heteroatoms. The van der Waals surface area contributed by atoms with Crippen molar-refractivity contribution in [3.05, 3.63) is 101 Å². The normalized spacial score (nSPS) is 10.5. The number of pyridine rings is 3. The van der Waals surface area contributed by atoms with Gasteiger partial charge in [-0.05, 0) is 72.5 Å². The summed E-state index contributed by atoms with van der Waals surface area (Å²) >= 11 is 0. The average Bonchev–Trinajstić information content (AvgIpc) is 2.88. The van der Waals surface area contributed by atoms with E-state index in [2.05, 4.69) is 39.3 Å². The van der Waals surface area contributed by atoms with E-state index in [0.29, 0.717) is 23.4 Å². The van der Waals surface area contributed by atoms with Crippen molar-refractivity contribution in [1.29, 1.82) is 5.26 Å². The van der Waals surface area contributed by atoms with Crippen LogP contribution in [0, 0.1) is 18.3 Å². The molecular weight excluding hydrogens is 422 g/mol. The maximum Gasteiger partial charge on any atom is 0.251 e. The second kappa shape index (κ2) is 10.5. The fraction of sp³-hybridized carbons (Fsp3) is 0.179. The topological polar surface area (TPSA) is 91.6 Å². The van der Waals surface area contributed by atoms with Crippen molar-refractivity contribution in [3.63, 3.8) is 0 Å². The summed E-state index contributed by atoms with van der Waals surface area (Å²) in [6, 6.07) is 19.2. The molecule has 4 aromatic rings. The van der Waals surface area contributed by atoms with Crippen LogP contribution in [-0.4, -0.2) is 20.9 Å². The highest BCUT2D eigenvalue weighted by atomic mass is 16.1. The Morgan fingerprint density at radius 1 is 0.971 bits per heavy atom. The summed E-state index contributed by atoms with van der Waals surface area (Å²) in [5.41, 5.74) is 6.79. The van der Waals surface area contributed by atoms with Gasteiger partial charge in [-0.1, -0.05) is 25.5 Å². The smallest absolute Gasteiger partial charge is 0.251 e. The number of rotatable bonds is 7. The van der Waals surface area contributed by atoms with Gasteiger partial charge in [-0.3, -0.25) is 14.8 Å². The number of nitrogens with zero attached hydrogens (tertiary/aromatic N) is 4. The summed E-state index contributed by atoms with van der Waals surface area (Å²) in [6.45, 7) is 4.42. The van der Waals surface area contributed by atoms with Crippen LogP contribution in [0.25, 0.3) is 22.4 Å². The number of hydrogen-bond donors (Lipinski definition) is 1. The van der Waals surface area contributed by atoms with Gasteiger partial charge in [-0.25, -0.2) is 4.98 Å². The van der Waals surface area contributed by atoms with Gasteiger partial charge in [0.25, 0.3) is 5.91 Å². The number of nitrogens with one attached hydrogen (secondary N) is 1. The highest BCUT2D eigenvalue weighted by molar-refractivity contribution is 5.97. The number of aromatic nitrogens is 3. The van der Waals surface area contributed by atoms with Crippen molar-refractivity contribution >= 4 is 5.91 Å². The minimum absolute atomic E-state index is 0.214. The lowest BCUT2D eigenvalue weighted by Gasteiger charge is -2.12. The molecule has 0 unspecified atom stereocenters. The van der Waals surface area contributed by atoms with E-state index in [9.17, 15) is 10.1 Å². The van der Waals surface area contributed by atoms with Crippen LogP contribution in [0.4, 0.5) is 0 Å². The van der Waals surface area contributed by atoms with Crippen LogP contribution in [0.3, 0.4) is 0 Å². The van der Waals surface area contributed by atoms with Gasteiger partial charge >= 0.3 is 0 Å². The van der Waals surface area contributed by atoms with Gasteiger partial charge in [0.1, 0.15) is 11.8 Å².